The molecule has 0 aliphatic carbocycles. The molecular weight excluding hydrogens is 997 g/mol. The number of hydrogen-bond donors (Lipinski definition) is 15. The van der Waals surface area contributed by atoms with Gasteiger partial charge in [-0.3, -0.25) is 53.1 Å². The van der Waals surface area contributed by atoms with Crippen LogP contribution >= 0.6 is 0 Å². The summed E-state index contributed by atoms with van der Waals surface area (Å²) in [6.07, 6.45) is 4.26. The van der Waals surface area contributed by atoms with Crippen LogP contribution in [0.2, 0.25) is 0 Å². The van der Waals surface area contributed by atoms with Crippen molar-refractivity contribution in [2.45, 2.75) is 120 Å². The van der Waals surface area contributed by atoms with E-state index in [0.29, 0.717) is 16.8 Å². The predicted molar refractivity (Wildman–Crippen MR) is 284 cm³/mol. The molecule has 1 aliphatic rings. The summed E-state index contributed by atoms with van der Waals surface area (Å²) in [5.41, 5.74) is 30.2. The number of imidazole rings is 1. The van der Waals surface area contributed by atoms with Crippen molar-refractivity contribution in [3.63, 3.8) is 0 Å². The largest absolute Gasteiger partial charge is 0.370 e. The molecule has 1 fully saturated rings. The Bertz CT molecular complexity index is 2720. The van der Waals surface area contributed by atoms with E-state index in [9.17, 15) is 43.2 Å². The molecule has 414 valence electrons. The maximum absolute atomic E-state index is 14.7. The first-order chi connectivity index (χ1) is 36.9. The number of carbonyl (C=O) groups excluding carboxylic acids is 9. The first kappa shape index (κ1) is 58.8. The number of aliphatic imine (C=N–C) groups is 2. The lowest BCUT2D eigenvalue weighted by Crippen LogP contribution is -2.61. The summed E-state index contributed by atoms with van der Waals surface area (Å²) in [7, 11) is 0. The minimum absolute atomic E-state index is 0.0123. The van der Waals surface area contributed by atoms with Crippen LogP contribution in [0.4, 0.5) is 0 Å². The number of nitrogens with two attached hydrogens (primary N) is 5. The van der Waals surface area contributed by atoms with Gasteiger partial charge in [-0.05, 0) is 62.1 Å². The Morgan fingerprint density at radius 2 is 1.31 bits per heavy atom. The van der Waals surface area contributed by atoms with E-state index in [2.05, 4.69) is 67.5 Å². The number of hydrogen-bond acceptors (Lipinski definition) is 12. The second-order valence-corrected chi connectivity index (χ2v) is 18.5. The molecule has 2 aromatic heterocycles. The van der Waals surface area contributed by atoms with Crippen LogP contribution in [0.3, 0.4) is 0 Å². The molecule has 4 aromatic rings. The molecule has 7 atom stereocenters. The average molecular weight is 1070 g/mol. The van der Waals surface area contributed by atoms with Crippen LogP contribution in [0.15, 0.2) is 83.3 Å². The van der Waals surface area contributed by atoms with Crippen molar-refractivity contribution in [3.8, 4) is 0 Å². The lowest BCUT2D eigenvalue weighted by Gasteiger charge is -2.28. The van der Waals surface area contributed by atoms with Crippen LogP contribution in [0, 0.1) is 0 Å². The number of benzene rings is 2. The summed E-state index contributed by atoms with van der Waals surface area (Å²) in [5, 5.41) is 22.2. The third-order valence-corrected chi connectivity index (χ3v) is 12.4. The standard InChI is InChI=1S/C50H70N18O9/c1-28(69)62-34(16-9-19-58-49(52)53)43(72)63-35-15-7-8-18-57-41(70)24-37(42(51)71)65-47(76)39(22-30-25-60-33-14-6-5-13-32(30)33)67-45(74)36(17-10-20-59-50(54)55)64-46(75)38(21-29-11-3-2-4-12-29)66-48(77)40(68-44(35)73)23-31-26-56-27-61-31/h2-6,11-14,25-27,34-40,60H,7-10,15-24H2,1H3,(H2,51,71)(H,56,61)(H,57,70)(H,62,69)(H,63,72)(H,64,75)(H,65,76)(H,66,77)(H,67,74)(H,68,73)(H4,52,53,58)(H4,54,55,59). The second kappa shape index (κ2) is 29.7. The fraction of sp³-hybridized carbons (Fsp3) is 0.440. The highest BCUT2D eigenvalue weighted by molar-refractivity contribution is 5.98. The number of nitrogens with zero attached hydrogens (tertiary/aromatic N) is 3. The minimum Gasteiger partial charge on any atom is -0.370 e. The van der Waals surface area contributed by atoms with Crippen molar-refractivity contribution in [3.05, 3.63) is 90.1 Å². The molecule has 0 bridgehead atoms. The number of H-pyrrole nitrogens is 2. The zero-order chi connectivity index (χ0) is 55.9. The third-order valence-electron chi connectivity index (χ3n) is 12.4. The van der Waals surface area contributed by atoms with Gasteiger partial charge in [0.15, 0.2) is 11.9 Å². The lowest BCUT2D eigenvalue weighted by atomic mass is 10.0. The highest BCUT2D eigenvalue weighted by Gasteiger charge is 2.35. The Labute approximate surface area is 443 Å². The molecule has 3 heterocycles. The van der Waals surface area contributed by atoms with Gasteiger partial charge in [-0.15, -0.1) is 0 Å². The van der Waals surface area contributed by atoms with E-state index in [1.165, 1.54) is 19.4 Å². The van der Waals surface area contributed by atoms with Crippen molar-refractivity contribution in [1.29, 1.82) is 0 Å². The van der Waals surface area contributed by atoms with Crippen molar-refractivity contribution in [1.82, 2.24) is 57.5 Å². The van der Waals surface area contributed by atoms with Gasteiger partial charge in [0, 0.05) is 74.8 Å². The molecule has 7 unspecified atom stereocenters. The first-order valence-corrected chi connectivity index (χ1v) is 25.2. The van der Waals surface area contributed by atoms with E-state index >= 15 is 0 Å². The summed E-state index contributed by atoms with van der Waals surface area (Å²) >= 11 is 0. The molecule has 20 N–H and O–H groups in total. The fourth-order valence-corrected chi connectivity index (χ4v) is 8.49. The molecule has 27 heteroatoms. The minimum atomic E-state index is -1.54. The Hall–Kier alpha value is -9.04. The fourth-order valence-electron chi connectivity index (χ4n) is 8.49. The van der Waals surface area contributed by atoms with E-state index < -0.39 is 102 Å². The quantitative estimate of drug-likeness (QED) is 0.0263. The van der Waals surface area contributed by atoms with Gasteiger partial charge in [0.1, 0.15) is 42.3 Å². The number of primary amides is 1. The number of rotatable bonds is 18. The maximum Gasteiger partial charge on any atom is 0.243 e. The smallest absolute Gasteiger partial charge is 0.243 e. The number of aromatic amines is 2. The number of amides is 9. The SMILES string of the molecule is CC(=O)NC(CCCN=C(N)N)C(=O)NC1CCCCNC(=O)CC(C(N)=O)NC(=O)C(Cc2c[nH]c3ccccc23)NC(=O)C(CCCN=C(N)N)NC(=O)C(Cc2ccccc2)NC(=O)C(Cc2cnc[nH]2)NC1=O. The predicted octanol–water partition coefficient (Wildman–Crippen LogP) is -3.38. The summed E-state index contributed by atoms with van der Waals surface area (Å²) in [6, 6.07) is 6.29. The van der Waals surface area contributed by atoms with Crippen LogP contribution in [0.25, 0.3) is 10.9 Å². The van der Waals surface area contributed by atoms with E-state index in [-0.39, 0.29) is 95.8 Å². The van der Waals surface area contributed by atoms with Gasteiger partial charge < -0.3 is 81.2 Å². The number of nitrogens with one attached hydrogen (secondary N) is 10. The van der Waals surface area contributed by atoms with E-state index in [1.54, 1.807) is 42.6 Å². The normalized spacial score (nSPS) is 20.8. The second-order valence-electron chi connectivity index (χ2n) is 18.5. The van der Waals surface area contributed by atoms with Gasteiger partial charge in [0.2, 0.25) is 53.2 Å². The lowest BCUT2D eigenvalue weighted by molar-refractivity contribution is -0.135. The topological polar surface area (TPSA) is 449 Å². The highest BCUT2D eigenvalue weighted by atomic mass is 16.2. The zero-order valence-electron chi connectivity index (χ0n) is 42.8. The maximum atomic E-state index is 14.7. The van der Waals surface area contributed by atoms with Crippen LogP contribution in [-0.2, 0) is 62.4 Å². The summed E-state index contributed by atoms with van der Waals surface area (Å²) in [5.74, 6) is -7.56. The summed E-state index contributed by atoms with van der Waals surface area (Å²) < 4.78 is 0. The van der Waals surface area contributed by atoms with Crippen molar-refractivity contribution < 1.29 is 43.2 Å². The van der Waals surface area contributed by atoms with Gasteiger partial charge in [-0.25, -0.2) is 4.98 Å². The molecule has 1 saturated heterocycles. The Morgan fingerprint density at radius 3 is 1.97 bits per heavy atom. The number of fused-ring (bicyclic) bond motifs is 1. The van der Waals surface area contributed by atoms with Gasteiger partial charge in [-0.1, -0.05) is 48.5 Å². The molecule has 9 amide bonds. The molecule has 0 saturated carbocycles. The highest BCUT2D eigenvalue weighted by Crippen LogP contribution is 2.20. The number of para-hydroxylation sites is 1. The average Bonchev–Trinajstić information content (AvgIpc) is 4.07. The van der Waals surface area contributed by atoms with Crippen LogP contribution in [0.1, 0.15) is 75.1 Å². The molecule has 27 nitrogen and oxygen atoms in total. The van der Waals surface area contributed by atoms with Crippen molar-refractivity contribution in [2.75, 3.05) is 19.6 Å². The van der Waals surface area contributed by atoms with Gasteiger partial charge in [0.05, 0.1) is 12.7 Å². The molecular formula is C50H70N18O9. The van der Waals surface area contributed by atoms with Crippen LogP contribution in [0.5, 0.6) is 0 Å². The Morgan fingerprint density at radius 1 is 0.701 bits per heavy atom. The molecule has 0 radical (unpaired) electrons. The Balaban J connectivity index is 1.54. The van der Waals surface area contributed by atoms with E-state index in [4.69, 9.17) is 28.7 Å². The van der Waals surface area contributed by atoms with Crippen LogP contribution in [-0.4, -0.2) is 142 Å². The molecule has 2 aromatic carbocycles. The van der Waals surface area contributed by atoms with Crippen LogP contribution < -0.4 is 71.2 Å². The molecule has 1 aliphatic heterocycles. The monoisotopic (exact) mass is 1070 g/mol. The Kier molecular flexibility index (Phi) is 22.7. The summed E-state index contributed by atoms with van der Waals surface area (Å²) in [4.78, 5) is 143. The molecule has 5 rings (SSSR count). The van der Waals surface area contributed by atoms with Gasteiger partial charge >= 0.3 is 0 Å². The third kappa shape index (κ3) is 19.6. The molecule has 77 heavy (non-hydrogen) atoms. The number of aromatic nitrogens is 3. The zero-order valence-corrected chi connectivity index (χ0v) is 42.8. The number of carbonyl (C=O) groups is 9. The number of guanidine groups is 2. The van der Waals surface area contributed by atoms with E-state index in [1.807, 2.05) is 18.2 Å². The van der Waals surface area contributed by atoms with Crippen molar-refractivity contribution in [2.24, 2.45) is 38.7 Å². The van der Waals surface area contributed by atoms with Crippen molar-refractivity contribution >= 4 is 76.0 Å². The molecule has 0 spiro atoms. The van der Waals surface area contributed by atoms with Gasteiger partial charge in [-0.2, -0.15) is 0 Å². The van der Waals surface area contributed by atoms with E-state index in [0.717, 1.165) is 10.9 Å². The summed E-state index contributed by atoms with van der Waals surface area (Å²) in [6.45, 7) is 1.41. The first-order valence-electron chi connectivity index (χ1n) is 25.2. The van der Waals surface area contributed by atoms with Gasteiger partial charge in [0.25, 0.3) is 0 Å².